The van der Waals surface area contributed by atoms with Gasteiger partial charge in [-0.25, -0.2) is 0 Å². The first-order chi connectivity index (χ1) is 8.69. The Hall–Kier alpha value is -0.610. The number of hydrogen-bond acceptors (Lipinski definition) is 3. The average Bonchev–Trinajstić information content (AvgIpc) is 2.39. The van der Waals surface area contributed by atoms with Gasteiger partial charge in [-0.15, -0.1) is 0 Å². The lowest BCUT2D eigenvalue weighted by Gasteiger charge is -2.34. The Morgan fingerprint density at radius 1 is 1.28 bits per heavy atom. The maximum Gasteiger partial charge on any atom is 0.223 e. The minimum atomic E-state index is 0.210. The first kappa shape index (κ1) is 13.8. The molecule has 1 aliphatic carbocycles. The smallest absolute Gasteiger partial charge is 0.223 e. The van der Waals surface area contributed by atoms with Gasteiger partial charge in [-0.2, -0.15) is 0 Å². The fourth-order valence-corrected chi connectivity index (χ4v) is 3.16. The van der Waals surface area contributed by atoms with Crippen molar-refractivity contribution in [2.24, 2.45) is 11.7 Å². The van der Waals surface area contributed by atoms with E-state index in [1.807, 2.05) is 0 Å². The monoisotopic (exact) mass is 253 g/mol. The van der Waals surface area contributed by atoms with E-state index in [1.165, 1.54) is 13.0 Å². The summed E-state index contributed by atoms with van der Waals surface area (Å²) in [5, 5.41) is 3.25. The second-order valence-electron chi connectivity index (χ2n) is 5.85. The van der Waals surface area contributed by atoms with E-state index in [9.17, 15) is 4.79 Å². The van der Waals surface area contributed by atoms with Crippen molar-refractivity contribution in [1.29, 1.82) is 0 Å². The van der Waals surface area contributed by atoms with Gasteiger partial charge in [0.25, 0.3) is 0 Å². The van der Waals surface area contributed by atoms with E-state index in [-0.39, 0.29) is 11.8 Å². The second-order valence-corrected chi connectivity index (χ2v) is 5.85. The Bertz CT molecular complexity index is 274. The molecule has 1 amide bonds. The number of amides is 1. The van der Waals surface area contributed by atoms with Crippen molar-refractivity contribution in [3.8, 4) is 0 Å². The van der Waals surface area contributed by atoms with Crippen LogP contribution >= 0.6 is 0 Å². The van der Waals surface area contributed by atoms with E-state index >= 15 is 0 Å². The van der Waals surface area contributed by atoms with Gasteiger partial charge in [0.1, 0.15) is 0 Å². The topological polar surface area (TPSA) is 58.4 Å². The molecule has 1 aliphatic heterocycles. The summed E-state index contributed by atoms with van der Waals surface area (Å²) in [7, 11) is 0. The molecule has 0 aromatic rings. The summed E-state index contributed by atoms with van der Waals surface area (Å²) in [6.45, 7) is 5.48. The molecule has 1 saturated carbocycles. The van der Waals surface area contributed by atoms with Crippen molar-refractivity contribution in [3.63, 3.8) is 0 Å². The molecule has 0 aromatic heterocycles. The van der Waals surface area contributed by atoms with Crippen LogP contribution in [-0.2, 0) is 4.79 Å². The van der Waals surface area contributed by atoms with Gasteiger partial charge in [-0.05, 0) is 51.6 Å². The first-order valence-corrected chi connectivity index (χ1v) is 7.47. The van der Waals surface area contributed by atoms with E-state index in [1.54, 1.807) is 0 Å². The zero-order valence-electron chi connectivity index (χ0n) is 11.5. The van der Waals surface area contributed by atoms with Crippen LogP contribution in [-0.4, -0.2) is 42.5 Å². The van der Waals surface area contributed by atoms with Gasteiger partial charge in [0.2, 0.25) is 5.91 Å². The highest BCUT2D eigenvalue weighted by atomic mass is 16.1. The third kappa shape index (κ3) is 3.69. The van der Waals surface area contributed by atoms with Gasteiger partial charge in [0.05, 0.1) is 0 Å². The van der Waals surface area contributed by atoms with Crippen LogP contribution in [0.25, 0.3) is 0 Å². The first-order valence-electron chi connectivity index (χ1n) is 7.47. The maximum atomic E-state index is 12.2. The predicted molar refractivity (Wildman–Crippen MR) is 73.2 cm³/mol. The van der Waals surface area contributed by atoms with Crippen LogP contribution in [0.15, 0.2) is 0 Å². The predicted octanol–water partition coefficient (Wildman–Crippen LogP) is 1.10. The minimum absolute atomic E-state index is 0.210. The van der Waals surface area contributed by atoms with Gasteiger partial charge >= 0.3 is 0 Å². The van der Waals surface area contributed by atoms with Crippen molar-refractivity contribution >= 4 is 5.91 Å². The van der Waals surface area contributed by atoms with Gasteiger partial charge in [0, 0.05) is 24.5 Å². The molecule has 1 atom stereocenters. The zero-order valence-corrected chi connectivity index (χ0v) is 11.5. The molecule has 2 rings (SSSR count). The van der Waals surface area contributed by atoms with Gasteiger partial charge < -0.3 is 16.0 Å². The molecule has 104 valence electrons. The molecule has 0 spiro atoms. The summed E-state index contributed by atoms with van der Waals surface area (Å²) in [4.78, 5) is 14.6. The molecule has 2 aliphatic rings. The Morgan fingerprint density at radius 2 is 2.00 bits per heavy atom. The molecule has 4 heteroatoms. The van der Waals surface area contributed by atoms with E-state index in [0.717, 1.165) is 45.2 Å². The van der Waals surface area contributed by atoms with E-state index in [2.05, 4.69) is 17.1 Å². The van der Waals surface area contributed by atoms with Crippen LogP contribution in [0.1, 0.15) is 45.4 Å². The molecule has 3 N–H and O–H groups in total. The van der Waals surface area contributed by atoms with Crippen molar-refractivity contribution in [2.45, 2.75) is 57.5 Å². The third-order valence-corrected chi connectivity index (χ3v) is 4.44. The number of rotatable bonds is 3. The Labute approximate surface area is 110 Å². The lowest BCUT2D eigenvalue weighted by atomic mass is 9.85. The number of likely N-dealkylation sites (tertiary alicyclic amines) is 1. The molecule has 1 unspecified atom stereocenters. The fraction of sp³-hybridized carbons (Fsp3) is 0.929. The summed E-state index contributed by atoms with van der Waals surface area (Å²) >= 11 is 0. The van der Waals surface area contributed by atoms with E-state index in [0.29, 0.717) is 12.1 Å². The maximum absolute atomic E-state index is 12.2. The number of likely N-dealkylation sites (N-methyl/N-ethyl adjacent to an activating group) is 1. The number of nitrogens with zero attached hydrogens (tertiary/aromatic N) is 1. The normalized spacial score (nSPS) is 34.2. The molecule has 1 saturated heterocycles. The number of hydrogen-bond donors (Lipinski definition) is 2. The molecule has 18 heavy (non-hydrogen) atoms. The van der Waals surface area contributed by atoms with Crippen LogP contribution in [0.3, 0.4) is 0 Å². The summed E-state index contributed by atoms with van der Waals surface area (Å²) < 4.78 is 0. The summed E-state index contributed by atoms with van der Waals surface area (Å²) in [5.74, 6) is 0.478. The fourth-order valence-electron chi connectivity index (χ4n) is 3.16. The Morgan fingerprint density at radius 3 is 2.67 bits per heavy atom. The summed E-state index contributed by atoms with van der Waals surface area (Å²) in [5.41, 5.74) is 5.88. The highest BCUT2D eigenvalue weighted by molar-refractivity contribution is 5.79. The zero-order chi connectivity index (χ0) is 13.0. The molecule has 0 aromatic carbocycles. The van der Waals surface area contributed by atoms with Crippen LogP contribution in [0.5, 0.6) is 0 Å². The Kier molecular flexibility index (Phi) is 5.01. The highest BCUT2D eigenvalue weighted by Gasteiger charge is 2.27. The number of piperidine rings is 1. The molecular formula is C14H27N3O. The lowest BCUT2D eigenvalue weighted by molar-refractivity contribution is -0.127. The Balaban J connectivity index is 1.76. The molecule has 2 fully saturated rings. The van der Waals surface area contributed by atoms with Crippen LogP contribution in [0.2, 0.25) is 0 Å². The van der Waals surface area contributed by atoms with Crippen molar-refractivity contribution in [3.05, 3.63) is 0 Å². The standard InChI is InChI=1S/C14H27N3O/c1-2-17-9-3-4-13(10-17)16-14(18)11-5-7-12(15)8-6-11/h11-13H,2-10,15H2,1H3,(H,16,18). The van der Waals surface area contributed by atoms with Gasteiger partial charge in [-0.1, -0.05) is 6.92 Å². The minimum Gasteiger partial charge on any atom is -0.352 e. The molecule has 1 heterocycles. The summed E-state index contributed by atoms with van der Waals surface area (Å²) in [6.07, 6.45) is 6.28. The molecule has 0 bridgehead atoms. The molecular weight excluding hydrogens is 226 g/mol. The van der Waals surface area contributed by atoms with Crippen LogP contribution in [0.4, 0.5) is 0 Å². The molecule has 4 nitrogen and oxygen atoms in total. The van der Waals surface area contributed by atoms with E-state index in [4.69, 9.17) is 5.73 Å². The van der Waals surface area contributed by atoms with Crippen molar-refractivity contribution < 1.29 is 4.79 Å². The largest absolute Gasteiger partial charge is 0.352 e. The molecule has 0 radical (unpaired) electrons. The van der Waals surface area contributed by atoms with Gasteiger partial charge in [0.15, 0.2) is 0 Å². The highest BCUT2D eigenvalue weighted by Crippen LogP contribution is 2.23. The van der Waals surface area contributed by atoms with Crippen LogP contribution in [0, 0.1) is 5.92 Å². The van der Waals surface area contributed by atoms with Gasteiger partial charge in [-0.3, -0.25) is 4.79 Å². The van der Waals surface area contributed by atoms with Crippen molar-refractivity contribution in [1.82, 2.24) is 10.2 Å². The second kappa shape index (κ2) is 6.53. The third-order valence-electron chi connectivity index (χ3n) is 4.44. The number of nitrogens with two attached hydrogens (primary N) is 1. The SMILES string of the molecule is CCN1CCCC(NC(=O)C2CCC(N)CC2)C1. The summed E-state index contributed by atoms with van der Waals surface area (Å²) in [6, 6.07) is 0.682. The van der Waals surface area contributed by atoms with Crippen LogP contribution < -0.4 is 11.1 Å². The number of carbonyl (C=O) groups is 1. The average molecular weight is 253 g/mol. The number of nitrogens with one attached hydrogen (secondary N) is 1. The number of carbonyl (C=O) groups excluding carboxylic acids is 1. The van der Waals surface area contributed by atoms with Crippen molar-refractivity contribution in [2.75, 3.05) is 19.6 Å². The quantitative estimate of drug-likeness (QED) is 0.792. The van der Waals surface area contributed by atoms with E-state index < -0.39 is 0 Å². The lowest BCUT2D eigenvalue weighted by Crippen LogP contribution is -2.49.